The molecule has 3 amide bonds. The minimum atomic E-state index is -0.916. The predicted molar refractivity (Wildman–Crippen MR) is 176 cm³/mol. The molecule has 5 atom stereocenters. The normalized spacial score (nSPS) is 21.9. The Balaban J connectivity index is 1.50. The fourth-order valence-corrected chi connectivity index (χ4v) is 7.35. The van der Waals surface area contributed by atoms with Crippen LogP contribution in [0.25, 0.3) is 0 Å². The Morgan fingerprint density at radius 3 is 2.26 bits per heavy atom. The molecular formula is C36H53N5O6. The smallest absolute Gasteiger partial charge is 0.272 e. The van der Waals surface area contributed by atoms with E-state index in [-0.39, 0.29) is 59.7 Å². The molecule has 47 heavy (non-hydrogen) atoms. The van der Waals surface area contributed by atoms with Gasteiger partial charge in [-0.25, -0.2) is 4.98 Å². The van der Waals surface area contributed by atoms with Crippen LogP contribution < -0.4 is 10.6 Å². The minimum absolute atomic E-state index is 0.0646. The maximum Gasteiger partial charge on any atom is 0.272 e. The quantitative estimate of drug-likeness (QED) is 0.237. The molecule has 258 valence electrons. The van der Waals surface area contributed by atoms with Gasteiger partial charge < -0.3 is 15.5 Å². The number of nitrogens with one attached hydrogen (secondary N) is 2. The number of hydrogen-bond acceptors (Lipinski definition) is 8. The van der Waals surface area contributed by atoms with Crippen molar-refractivity contribution >= 4 is 35.1 Å². The summed E-state index contributed by atoms with van der Waals surface area (Å²) in [5.41, 5.74) is 0.107. The first-order valence-electron chi connectivity index (χ1n) is 17.8. The largest absolute Gasteiger partial charge is 0.342 e. The van der Waals surface area contributed by atoms with Gasteiger partial charge in [0.15, 0.2) is 11.6 Å². The lowest BCUT2D eigenvalue weighted by atomic mass is 9.83. The van der Waals surface area contributed by atoms with E-state index in [1.165, 1.54) is 18.6 Å². The average molecular weight is 652 g/mol. The number of nitrogens with zero attached hydrogens (tertiary/aromatic N) is 3. The zero-order valence-electron chi connectivity index (χ0n) is 28.5. The Bertz CT molecular complexity index is 1280. The van der Waals surface area contributed by atoms with E-state index in [9.17, 15) is 28.8 Å². The highest BCUT2D eigenvalue weighted by molar-refractivity contribution is 6.38. The first-order chi connectivity index (χ1) is 22.5. The zero-order valence-corrected chi connectivity index (χ0v) is 28.5. The Hall–Kier alpha value is -3.50. The van der Waals surface area contributed by atoms with Crippen LogP contribution in [0.15, 0.2) is 18.6 Å². The molecule has 0 bridgehead atoms. The third-order valence-corrected chi connectivity index (χ3v) is 10.3. The van der Waals surface area contributed by atoms with Gasteiger partial charge in [0.1, 0.15) is 17.8 Å². The van der Waals surface area contributed by atoms with Gasteiger partial charge in [0, 0.05) is 37.7 Å². The third-order valence-electron chi connectivity index (χ3n) is 10.3. The molecule has 0 spiro atoms. The zero-order chi connectivity index (χ0) is 34.1. The summed E-state index contributed by atoms with van der Waals surface area (Å²) in [5, 5.41) is 5.84. The van der Waals surface area contributed by atoms with Gasteiger partial charge in [0.2, 0.25) is 17.6 Å². The minimum Gasteiger partial charge on any atom is -0.342 e. The van der Waals surface area contributed by atoms with Crippen LogP contribution in [-0.4, -0.2) is 74.6 Å². The summed E-state index contributed by atoms with van der Waals surface area (Å²) >= 11 is 0. The average Bonchev–Trinajstić information content (AvgIpc) is 3.79. The maximum atomic E-state index is 14.3. The molecule has 11 heteroatoms. The van der Waals surface area contributed by atoms with E-state index < -0.39 is 41.6 Å². The molecular weight excluding hydrogens is 598 g/mol. The number of hydrogen-bond donors (Lipinski definition) is 2. The van der Waals surface area contributed by atoms with Crippen molar-refractivity contribution in [2.75, 3.05) is 6.54 Å². The second-order valence-corrected chi connectivity index (χ2v) is 14.2. The highest BCUT2D eigenvalue weighted by Gasteiger charge is 2.45. The van der Waals surface area contributed by atoms with Gasteiger partial charge in [0.05, 0.1) is 12.2 Å². The van der Waals surface area contributed by atoms with Gasteiger partial charge in [0.25, 0.3) is 5.91 Å². The Morgan fingerprint density at radius 2 is 1.66 bits per heavy atom. The van der Waals surface area contributed by atoms with Gasteiger partial charge in [-0.05, 0) is 62.2 Å². The van der Waals surface area contributed by atoms with Crippen LogP contribution in [0.2, 0.25) is 0 Å². The molecule has 2 aliphatic carbocycles. The topological polar surface area (TPSA) is 156 Å². The first-order valence-corrected chi connectivity index (χ1v) is 17.8. The molecule has 2 N–H and O–H groups in total. The lowest BCUT2D eigenvalue weighted by Crippen LogP contribution is -2.59. The van der Waals surface area contributed by atoms with Crippen molar-refractivity contribution in [3.8, 4) is 0 Å². The molecule has 1 aromatic heterocycles. The Morgan fingerprint density at radius 1 is 0.936 bits per heavy atom. The molecule has 2 saturated carbocycles. The molecule has 11 nitrogen and oxygen atoms in total. The molecule has 1 aromatic rings. The molecule has 4 rings (SSSR count). The van der Waals surface area contributed by atoms with Crippen LogP contribution in [0.5, 0.6) is 0 Å². The first kappa shape index (κ1) is 36.3. The van der Waals surface area contributed by atoms with Gasteiger partial charge in [-0.3, -0.25) is 33.8 Å². The lowest BCUT2D eigenvalue weighted by molar-refractivity contribution is -0.144. The second kappa shape index (κ2) is 17.1. The maximum absolute atomic E-state index is 14.3. The molecule has 1 unspecified atom stereocenters. The summed E-state index contributed by atoms with van der Waals surface area (Å²) in [7, 11) is 0. The summed E-state index contributed by atoms with van der Waals surface area (Å²) in [4.78, 5) is 90.7. The van der Waals surface area contributed by atoms with Gasteiger partial charge in [-0.2, -0.15) is 0 Å². The summed E-state index contributed by atoms with van der Waals surface area (Å²) in [5.74, 6) is -3.15. The van der Waals surface area contributed by atoms with Crippen molar-refractivity contribution < 1.29 is 28.8 Å². The molecule has 3 aliphatic rings. The van der Waals surface area contributed by atoms with Gasteiger partial charge >= 0.3 is 0 Å². The van der Waals surface area contributed by atoms with Gasteiger partial charge in [-0.1, -0.05) is 59.8 Å². The number of Topliss-reactive ketones (excluding diaryl/α,β-unsaturated/α-hetero) is 3. The van der Waals surface area contributed by atoms with Crippen LogP contribution >= 0.6 is 0 Å². The van der Waals surface area contributed by atoms with Gasteiger partial charge in [-0.15, -0.1) is 0 Å². The van der Waals surface area contributed by atoms with E-state index in [1.54, 1.807) is 4.90 Å². The second-order valence-electron chi connectivity index (χ2n) is 14.2. The van der Waals surface area contributed by atoms with E-state index >= 15 is 0 Å². The number of aromatic nitrogens is 2. The number of likely N-dealkylation sites (tertiary alicyclic amines) is 1. The van der Waals surface area contributed by atoms with Crippen molar-refractivity contribution in [3.05, 3.63) is 24.3 Å². The summed E-state index contributed by atoms with van der Waals surface area (Å²) in [6.45, 7) is 7.99. The third kappa shape index (κ3) is 9.54. The van der Waals surface area contributed by atoms with E-state index in [0.29, 0.717) is 32.2 Å². The van der Waals surface area contributed by atoms with Crippen molar-refractivity contribution in [3.63, 3.8) is 0 Å². The van der Waals surface area contributed by atoms with Crippen LogP contribution in [0, 0.1) is 29.6 Å². The van der Waals surface area contributed by atoms with Crippen LogP contribution in [0.3, 0.4) is 0 Å². The monoisotopic (exact) mass is 651 g/mol. The highest BCUT2D eigenvalue weighted by atomic mass is 16.2. The summed E-state index contributed by atoms with van der Waals surface area (Å²) in [6, 6.07) is -2.49. The van der Waals surface area contributed by atoms with Crippen molar-refractivity contribution in [2.45, 2.75) is 129 Å². The fourth-order valence-electron chi connectivity index (χ4n) is 7.35. The van der Waals surface area contributed by atoms with E-state index in [4.69, 9.17) is 0 Å². The number of amides is 3. The standard InChI is InChI=1S/C36H53N5O6/c1-5-10-26(33(44)29(43)19-23-13-14-23)20-28(42)32-24(6-2)15-18-41(32)36(47)30(22(3)4)39-35(46)31(25-11-8-7-9-12-25)40-34(45)27-21-37-16-17-38-27/h16-17,21-26,30-32H,5-15,18-20H2,1-4H3,(H,39,46)(H,40,45)/t24-,26?,30-,31-,32-/m0/s1. The predicted octanol–water partition coefficient (Wildman–Crippen LogP) is 4.24. The van der Waals surface area contributed by atoms with Crippen molar-refractivity contribution in [2.24, 2.45) is 29.6 Å². The molecule has 1 aliphatic heterocycles. The Kier molecular flexibility index (Phi) is 13.2. The molecule has 2 heterocycles. The van der Waals surface area contributed by atoms with Crippen LogP contribution in [0.4, 0.5) is 0 Å². The molecule has 0 aromatic carbocycles. The lowest BCUT2D eigenvalue weighted by Gasteiger charge is -2.35. The summed E-state index contributed by atoms with van der Waals surface area (Å²) < 4.78 is 0. The number of carbonyl (C=O) groups excluding carboxylic acids is 6. The number of rotatable bonds is 17. The number of ketones is 3. The van der Waals surface area contributed by atoms with Crippen molar-refractivity contribution in [1.29, 1.82) is 0 Å². The molecule has 3 fully saturated rings. The summed E-state index contributed by atoms with van der Waals surface area (Å²) in [6.07, 6.45) is 13.3. The highest BCUT2D eigenvalue weighted by Crippen LogP contribution is 2.34. The fraction of sp³-hybridized carbons (Fsp3) is 0.722. The van der Waals surface area contributed by atoms with Crippen LogP contribution in [0.1, 0.15) is 122 Å². The SMILES string of the molecule is CCCC(CC(=O)[C@@H]1[C@@H](CC)CCN1C(=O)[C@@H](NC(=O)[C@@H](NC(=O)c1cnccn1)C1CCCCC1)C(C)C)C(=O)C(=O)CC1CC1. The van der Waals surface area contributed by atoms with E-state index in [0.717, 1.165) is 44.9 Å². The molecule has 1 saturated heterocycles. The van der Waals surface area contributed by atoms with Crippen LogP contribution in [-0.2, 0) is 24.0 Å². The van der Waals surface area contributed by atoms with Crippen molar-refractivity contribution in [1.82, 2.24) is 25.5 Å². The van der Waals surface area contributed by atoms with E-state index in [2.05, 4.69) is 20.6 Å². The van der Waals surface area contributed by atoms with E-state index in [1.807, 2.05) is 27.7 Å². The molecule has 0 radical (unpaired) electrons. The number of carbonyl (C=O) groups is 6. The Labute approximate surface area is 278 Å².